The molecule has 0 bridgehead atoms. The minimum Gasteiger partial charge on any atom is -0.508 e. The molecule has 0 aliphatic rings. The van der Waals surface area contributed by atoms with Gasteiger partial charge in [-0.2, -0.15) is 0 Å². The van der Waals surface area contributed by atoms with Gasteiger partial charge in [0.15, 0.2) is 0 Å². The number of aliphatic hydroxyl groups excluding tert-OH is 1. The van der Waals surface area contributed by atoms with Crippen LogP contribution >= 0.6 is 11.6 Å². The van der Waals surface area contributed by atoms with Crippen LogP contribution in [0.4, 0.5) is 5.69 Å². The second-order valence-electron chi connectivity index (χ2n) is 10.2. The number of benzene rings is 3. The van der Waals surface area contributed by atoms with Crippen molar-refractivity contribution in [2.75, 3.05) is 17.5 Å². The quantitative estimate of drug-likeness (QED) is 0.181. The van der Waals surface area contributed by atoms with Crippen molar-refractivity contribution in [2.45, 2.75) is 44.9 Å². The minimum absolute atomic E-state index is 0.000806. The lowest BCUT2D eigenvalue weighted by atomic mass is 9.93. The molecule has 0 heterocycles. The van der Waals surface area contributed by atoms with E-state index in [9.17, 15) is 28.5 Å². The van der Waals surface area contributed by atoms with E-state index in [1.165, 1.54) is 24.3 Å². The maximum atomic E-state index is 12.5. The summed E-state index contributed by atoms with van der Waals surface area (Å²) in [6.45, 7) is 4.36. The molecule has 3 rings (SSSR count). The van der Waals surface area contributed by atoms with Crippen LogP contribution in [0.5, 0.6) is 11.5 Å². The Morgan fingerprint density at radius 3 is 2.41 bits per heavy atom. The SMILES string of the molecule is CC(C)(Cc1cccc(CC(=O)NCc2ccc(Cl)cc2O)c1)NC[C@H](O)c1ccc(O)c(NS(C)(=O)=O)c1. The van der Waals surface area contributed by atoms with Crippen molar-refractivity contribution < 1.29 is 28.5 Å². The normalized spacial score (nSPS) is 12.6. The van der Waals surface area contributed by atoms with Gasteiger partial charge in [-0.3, -0.25) is 9.52 Å². The molecule has 1 atom stereocenters. The van der Waals surface area contributed by atoms with Crippen LogP contribution in [0.3, 0.4) is 0 Å². The number of sulfonamides is 1. The second kappa shape index (κ2) is 12.7. The first-order valence-corrected chi connectivity index (χ1v) is 14.5. The average molecular weight is 576 g/mol. The van der Waals surface area contributed by atoms with E-state index >= 15 is 0 Å². The van der Waals surface area contributed by atoms with Gasteiger partial charge >= 0.3 is 0 Å². The van der Waals surface area contributed by atoms with Gasteiger partial charge in [-0.25, -0.2) is 8.42 Å². The fourth-order valence-corrected chi connectivity index (χ4v) is 4.81. The number of nitrogens with one attached hydrogen (secondary N) is 3. The van der Waals surface area contributed by atoms with Gasteiger partial charge in [0, 0.05) is 29.2 Å². The van der Waals surface area contributed by atoms with Crippen molar-refractivity contribution in [2.24, 2.45) is 0 Å². The Morgan fingerprint density at radius 1 is 1.00 bits per heavy atom. The maximum absolute atomic E-state index is 12.5. The van der Waals surface area contributed by atoms with E-state index in [2.05, 4.69) is 15.4 Å². The van der Waals surface area contributed by atoms with Gasteiger partial charge in [0.25, 0.3) is 0 Å². The van der Waals surface area contributed by atoms with Gasteiger partial charge in [0.2, 0.25) is 15.9 Å². The van der Waals surface area contributed by atoms with E-state index in [-0.39, 0.29) is 42.6 Å². The van der Waals surface area contributed by atoms with Crippen molar-refractivity contribution in [3.8, 4) is 11.5 Å². The predicted octanol–water partition coefficient (Wildman–Crippen LogP) is 3.63. The number of hydrogen-bond donors (Lipinski definition) is 6. The zero-order valence-corrected chi connectivity index (χ0v) is 23.6. The number of hydrogen-bond acceptors (Lipinski definition) is 7. The van der Waals surface area contributed by atoms with Gasteiger partial charge in [-0.05, 0) is 61.2 Å². The summed E-state index contributed by atoms with van der Waals surface area (Å²) in [5.41, 5.74) is 2.45. The highest BCUT2D eigenvalue weighted by Gasteiger charge is 2.21. The van der Waals surface area contributed by atoms with Gasteiger partial charge in [-0.1, -0.05) is 48.0 Å². The predicted molar refractivity (Wildman–Crippen MR) is 152 cm³/mol. The first-order valence-electron chi connectivity index (χ1n) is 12.3. The first kappa shape index (κ1) is 30.2. The second-order valence-corrected chi connectivity index (χ2v) is 12.3. The van der Waals surface area contributed by atoms with Crippen molar-refractivity contribution in [3.63, 3.8) is 0 Å². The lowest BCUT2D eigenvalue weighted by molar-refractivity contribution is -0.120. The van der Waals surface area contributed by atoms with Gasteiger partial charge in [-0.15, -0.1) is 0 Å². The monoisotopic (exact) mass is 575 g/mol. The van der Waals surface area contributed by atoms with Crippen LogP contribution in [-0.2, 0) is 34.2 Å². The maximum Gasteiger partial charge on any atom is 0.229 e. The Balaban J connectivity index is 1.55. The summed E-state index contributed by atoms with van der Waals surface area (Å²) in [5, 5.41) is 37.1. The summed E-state index contributed by atoms with van der Waals surface area (Å²) in [6, 6.07) is 16.7. The molecule has 6 N–H and O–H groups in total. The van der Waals surface area contributed by atoms with E-state index in [4.69, 9.17) is 11.6 Å². The number of phenolic OH excluding ortho intramolecular Hbond substituents is 2. The van der Waals surface area contributed by atoms with E-state index in [0.717, 1.165) is 17.4 Å². The molecule has 0 saturated carbocycles. The van der Waals surface area contributed by atoms with Crippen LogP contribution in [0.15, 0.2) is 60.7 Å². The molecule has 0 aliphatic carbocycles. The number of rotatable bonds is 12. The molecular formula is C28H34ClN3O6S. The third-order valence-corrected chi connectivity index (χ3v) is 6.83. The molecule has 3 aromatic carbocycles. The minimum atomic E-state index is -3.59. The zero-order valence-electron chi connectivity index (χ0n) is 22.0. The largest absolute Gasteiger partial charge is 0.508 e. The molecule has 9 nitrogen and oxygen atoms in total. The smallest absolute Gasteiger partial charge is 0.229 e. The van der Waals surface area contributed by atoms with Crippen molar-refractivity contribution in [1.82, 2.24) is 10.6 Å². The van der Waals surface area contributed by atoms with E-state index in [0.29, 0.717) is 22.6 Å². The molecule has 0 aliphatic heterocycles. The lowest BCUT2D eigenvalue weighted by Gasteiger charge is -2.28. The number of phenols is 2. The van der Waals surface area contributed by atoms with E-state index < -0.39 is 21.7 Å². The molecule has 0 unspecified atom stereocenters. The number of halogens is 1. The first-order chi connectivity index (χ1) is 18.2. The van der Waals surface area contributed by atoms with Crippen molar-refractivity contribution in [3.05, 3.63) is 87.9 Å². The van der Waals surface area contributed by atoms with Gasteiger partial charge < -0.3 is 26.0 Å². The van der Waals surface area contributed by atoms with Gasteiger partial charge in [0.05, 0.1) is 24.5 Å². The average Bonchev–Trinajstić information content (AvgIpc) is 2.82. The van der Waals surface area contributed by atoms with E-state index in [1.54, 1.807) is 12.1 Å². The zero-order chi connectivity index (χ0) is 28.8. The summed E-state index contributed by atoms with van der Waals surface area (Å²) in [4.78, 5) is 12.5. The number of aliphatic hydroxyl groups is 1. The molecule has 0 saturated heterocycles. The number of carbonyl (C=O) groups is 1. The topological polar surface area (TPSA) is 148 Å². The highest BCUT2D eigenvalue weighted by Crippen LogP contribution is 2.28. The molecule has 39 heavy (non-hydrogen) atoms. The van der Waals surface area contributed by atoms with Crippen LogP contribution in [0.1, 0.15) is 42.2 Å². The molecule has 0 spiro atoms. The summed E-state index contributed by atoms with van der Waals surface area (Å²) < 4.78 is 25.3. The Bertz CT molecular complexity index is 1430. The Labute approximate surface area is 233 Å². The third kappa shape index (κ3) is 9.74. The van der Waals surface area contributed by atoms with E-state index in [1.807, 2.05) is 38.1 Å². The van der Waals surface area contributed by atoms with Crippen LogP contribution < -0.4 is 15.4 Å². The number of amides is 1. The summed E-state index contributed by atoms with van der Waals surface area (Å²) >= 11 is 5.85. The molecule has 1 amide bonds. The Kier molecular flexibility index (Phi) is 9.84. The molecule has 3 aromatic rings. The Hall–Kier alpha value is -3.31. The standard InChI is InChI=1S/C28H34ClN3O6S/c1-28(2,31-17-26(35)20-8-10-24(33)23(13-20)32-39(3,37)38)15-19-6-4-5-18(11-19)12-27(36)30-16-21-7-9-22(29)14-25(21)34/h4-11,13-14,26,31-35H,12,15-17H2,1-3H3,(H,30,36)/t26-/m0/s1. The fourth-order valence-electron chi connectivity index (χ4n) is 4.08. The van der Waals surface area contributed by atoms with Crippen molar-refractivity contribution in [1.29, 1.82) is 0 Å². The summed E-state index contributed by atoms with van der Waals surface area (Å²) in [7, 11) is -3.59. The molecular weight excluding hydrogens is 542 g/mol. The van der Waals surface area contributed by atoms with Crippen LogP contribution in [-0.4, -0.2) is 48.0 Å². The highest BCUT2D eigenvalue weighted by molar-refractivity contribution is 7.92. The molecule has 210 valence electrons. The Morgan fingerprint density at radius 2 is 1.72 bits per heavy atom. The highest BCUT2D eigenvalue weighted by atomic mass is 35.5. The van der Waals surface area contributed by atoms with Crippen LogP contribution in [0.25, 0.3) is 0 Å². The molecule has 11 heteroatoms. The van der Waals surface area contributed by atoms with Crippen molar-refractivity contribution >= 4 is 33.2 Å². The molecule has 0 fully saturated rings. The number of carbonyl (C=O) groups excluding carboxylic acids is 1. The number of anilines is 1. The van der Waals surface area contributed by atoms with Gasteiger partial charge in [0.1, 0.15) is 11.5 Å². The number of β-amino-alcohol motifs (C(OH)–C–C–N with tert-alkyl or cyclic N) is 1. The number of aromatic hydroxyl groups is 2. The van der Waals surface area contributed by atoms with Crippen LogP contribution in [0, 0.1) is 0 Å². The summed E-state index contributed by atoms with van der Waals surface area (Å²) in [5.74, 6) is -0.386. The molecule has 0 radical (unpaired) electrons. The molecule has 0 aromatic heterocycles. The summed E-state index contributed by atoms with van der Waals surface area (Å²) in [6.07, 6.45) is 0.831. The lowest BCUT2D eigenvalue weighted by Crippen LogP contribution is -2.43. The van der Waals surface area contributed by atoms with Crippen LogP contribution in [0.2, 0.25) is 5.02 Å². The fraction of sp³-hybridized carbons (Fsp3) is 0.321. The third-order valence-electron chi connectivity index (χ3n) is 6.00.